The molecular weight excluding hydrogens is 408 g/mol. The number of carbonyl (C=O) groups excluding carboxylic acids is 1. The molecule has 148 valence electrons. The molecule has 1 amide bonds. The van der Waals surface area contributed by atoms with Crippen LogP contribution >= 0.6 is 34.9 Å². The average molecular weight is 433 g/mol. The fourth-order valence-electron chi connectivity index (χ4n) is 2.75. The van der Waals surface area contributed by atoms with Gasteiger partial charge in [-0.05, 0) is 42.7 Å². The summed E-state index contributed by atoms with van der Waals surface area (Å²) in [5.41, 5.74) is 1.07. The minimum absolute atomic E-state index is 0.0508. The van der Waals surface area contributed by atoms with E-state index in [9.17, 15) is 4.79 Å². The van der Waals surface area contributed by atoms with Gasteiger partial charge in [0, 0.05) is 29.7 Å². The van der Waals surface area contributed by atoms with Gasteiger partial charge in [-0.1, -0.05) is 29.5 Å². The van der Waals surface area contributed by atoms with Crippen molar-refractivity contribution in [2.24, 2.45) is 4.99 Å². The van der Waals surface area contributed by atoms with Gasteiger partial charge < -0.3 is 9.30 Å². The number of rotatable bonds is 9. The van der Waals surface area contributed by atoms with Gasteiger partial charge in [0.15, 0.2) is 4.80 Å². The Kier molecular flexibility index (Phi) is 8.06. The zero-order chi connectivity index (χ0) is 19.8. The Bertz CT molecular complexity index is 980. The first kappa shape index (κ1) is 21.0. The molecule has 7 heteroatoms. The Morgan fingerprint density at radius 2 is 2.00 bits per heavy atom. The summed E-state index contributed by atoms with van der Waals surface area (Å²) in [4.78, 5) is 18.9. The van der Waals surface area contributed by atoms with E-state index in [0.717, 1.165) is 45.2 Å². The number of methoxy groups -OCH3 is 1. The van der Waals surface area contributed by atoms with Crippen LogP contribution in [-0.4, -0.2) is 35.3 Å². The number of hydrogen-bond donors (Lipinski definition) is 0. The van der Waals surface area contributed by atoms with Crippen LogP contribution in [0.15, 0.2) is 58.4 Å². The van der Waals surface area contributed by atoms with Gasteiger partial charge in [0.1, 0.15) is 5.75 Å². The number of thiazole rings is 1. The van der Waals surface area contributed by atoms with Crippen molar-refractivity contribution in [3.05, 3.63) is 53.3 Å². The lowest BCUT2D eigenvalue weighted by Crippen LogP contribution is -2.18. The molecule has 2 aromatic carbocycles. The molecule has 3 rings (SSSR count). The standard InChI is InChI=1S/C21H24N2O2S3/c1-25-16-10-11-19-18(15-16)23(12-14-26-2)21(28-19)22-20(24)9-6-13-27-17-7-4-3-5-8-17/h3-5,7-8,10-11,15H,6,9,12-14H2,1-2H3. The Morgan fingerprint density at radius 1 is 1.18 bits per heavy atom. The average Bonchev–Trinajstić information content (AvgIpc) is 3.06. The highest BCUT2D eigenvalue weighted by Gasteiger charge is 2.09. The van der Waals surface area contributed by atoms with Crippen LogP contribution < -0.4 is 9.54 Å². The van der Waals surface area contributed by atoms with Crippen molar-refractivity contribution in [1.82, 2.24) is 4.57 Å². The molecule has 28 heavy (non-hydrogen) atoms. The first-order valence-corrected chi connectivity index (χ1v) is 12.3. The number of amides is 1. The van der Waals surface area contributed by atoms with E-state index in [1.807, 2.05) is 36.4 Å². The summed E-state index contributed by atoms with van der Waals surface area (Å²) in [6.45, 7) is 0.824. The maximum atomic E-state index is 12.4. The summed E-state index contributed by atoms with van der Waals surface area (Å²) < 4.78 is 8.61. The third kappa shape index (κ3) is 5.65. The lowest BCUT2D eigenvalue weighted by Gasteiger charge is -2.05. The fraction of sp³-hybridized carbons (Fsp3) is 0.333. The van der Waals surface area contributed by atoms with E-state index in [4.69, 9.17) is 4.74 Å². The Morgan fingerprint density at radius 3 is 2.75 bits per heavy atom. The van der Waals surface area contributed by atoms with Crippen molar-refractivity contribution in [2.75, 3.05) is 24.9 Å². The van der Waals surface area contributed by atoms with Crippen molar-refractivity contribution in [1.29, 1.82) is 0 Å². The third-order valence-corrected chi connectivity index (χ3v) is 6.92. The lowest BCUT2D eigenvalue weighted by molar-refractivity contribution is -0.118. The van der Waals surface area contributed by atoms with Crippen LogP contribution in [0.25, 0.3) is 10.2 Å². The minimum Gasteiger partial charge on any atom is -0.497 e. The smallest absolute Gasteiger partial charge is 0.248 e. The van der Waals surface area contributed by atoms with Gasteiger partial charge in [-0.25, -0.2) is 0 Å². The molecule has 0 saturated heterocycles. The molecule has 0 spiro atoms. The van der Waals surface area contributed by atoms with E-state index in [1.165, 1.54) is 4.90 Å². The SMILES string of the molecule is COc1ccc2sc(=NC(=O)CCCSc3ccccc3)n(CCSC)c2c1. The minimum atomic E-state index is -0.0508. The first-order chi connectivity index (χ1) is 13.7. The summed E-state index contributed by atoms with van der Waals surface area (Å²) in [6.07, 6.45) is 3.38. The van der Waals surface area contributed by atoms with Gasteiger partial charge in [0.05, 0.1) is 17.3 Å². The van der Waals surface area contributed by atoms with Crippen LogP contribution in [0.4, 0.5) is 0 Å². The first-order valence-electron chi connectivity index (χ1n) is 9.13. The number of aromatic nitrogens is 1. The van der Waals surface area contributed by atoms with Gasteiger partial charge in [-0.3, -0.25) is 4.79 Å². The second-order valence-electron chi connectivity index (χ2n) is 6.13. The van der Waals surface area contributed by atoms with Gasteiger partial charge in [0.2, 0.25) is 5.91 Å². The van der Waals surface area contributed by atoms with Crippen LogP contribution in [0, 0.1) is 0 Å². The quantitative estimate of drug-likeness (QED) is 0.350. The highest BCUT2D eigenvalue weighted by atomic mass is 32.2. The summed E-state index contributed by atoms with van der Waals surface area (Å²) in [5, 5.41) is 0. The molecule has 0 atom stereocenters. The second-order valence-corrected chi connectivity index (χ2v) is 9.30. The number of carbonyl (C=O) groups is 1. The van der Waals surface area contributed by atoms with Crippen LogP contribution in [-0.2, 0) is 11.3 Å². The lowest BCUT2D eigenvalue weighted by atomic mass is 10.3. The highest BCUT2D eigenvalue weighted by molar-refractivity contribution is 7.99. The van der Waals surface area contributed by atoms with E-state index in [1.54, 1.807) is 42.0 Å². The summed E-state index contributed by atoms with van der Waals surface area (Å²) in [5.74, 6) is 2.66. The van der Waals surface area contributed by atoms with Crippen molar-refractivity contribution < 1.29 is 9.53 Å². The molecule has 4 nitrogen and oxygen atoms in total. The second kappa shape index (κ2) is 10.7. The maximum Gasteiger partial charge on any atom is 0.248 e. The van der Waals surface area contributed by atoms with Crippen molar-refractivity contribution in [2.45, 2.75) is 24.3 Å². The van der Waals surface area contributed by atoms with Crippen molar-refractivity contribution >= 4 is 51.0 Å². The molecule has 0 fully saturated rings. The molecule has 3 aromatic rings. The normalized spacial score (nSPS) is 11.9. The van der Waals surface area contributed by atoms with Gasteiger partial charge in [0.25, 0.3) is 0 Å². The number of ether oxygens (including phenoxy) is 1. The Labute approximate surface area is 178 Å². The number of nitrogens with zero attached hydrogens (tertiary/aromatic N) is 2. The van der Waals surface area contributed by atoms with Crippen LogP contribution in [0.5, 0.6) is 5.75 Å². The molecule has 0 aliphatic carbocycles. The van der Waals surface area contributed by atoms with Crippen molar-refractivity contribution in [3.63, 3.8) is 0 Å². The van der Waals surface area contributed by atoms with Crippen LogP contribution in [0.3, 0.4) is 0 Å². The number of thioether (sulfide) groups is 2. The van der Waals surface area contributed by atoms with Crippen LogP contribution in [0.2, 0.25) is 0 Å². The monoisotopic (exact) mass is 432 g/mol. The topological polar surface area (TPSA) is 43.6 Å². The van der Waals surface area contributed by atoms with Gasteiger partial charge in [-0.2, -0.15) is 16.8 Å². The number of hydrogen-bond acceptors (Lipinski definition) is 5. The molecule has 0 bridgehead atoms. The zero-order valence-corrected chi connectivity index (χ0v) is 18.5. The molecule has 0 radical (unpaired) electrons. The van der Waals surface area contributed by atoms with Gasteiger partial charge >= 0.3 is 0 Å². The number of fused-ring (bicyclic) bond motifs is 1. The van der Waals surface area contributed by atoms with Crippen molar-refractivity contribution in [3.8, 4) is 5.75 Å². The maximum absolute atomic E-state index is 12.4. The summed E-state index contributed by atoms with van der Waals surface area (Å²) in [6, 6.07) is 16.3. The summed E-state index contributed by atoms with van der Waals surface area (Å²) in [7, 11) is 1.67. The molecule has 1 aromatic heterocycles. The highest BCUT2D eigenvalue weighted by Crippen LogP contribution is 2.23. The Balaban J connectivity index is 1.71. The number of aryl methyl sites for hydroxylation is 1. The molecule has 1 heterocycles. The summed E-state index contributed by atoms with van der Waals surface area (Å²) >= 11 is 5.13. The van der Waals surface area contributed by atoms with Gasteiger partial charge in [-0.15, -0.1) is 11.8 Å². The molecule has 0 unspecified atom stereocenters. The van der Waals surface area contributed by atoms with E-state index in [-0.39, 0.29) is 5.91 Å². The predicted molar refractivity (Wildman–Crippen MR) is 122 cm³/mol. The molecule has 0 N–H and O–H groups in total. The predicted octanol–water partition coefficient (Wildman–Crippen LogP) is 5.07. The Hall–Kier alpha value is -1.70. The largest absolute Gasteiger partial charge is 0.497 e. The van der Waals surface area contributed by atoms with E-state index < -0.39 is 0 Å². The van der Waals surface area contributed by atoms with E-state index >= 15 is 0 Å². The molecule has 0 aliphatic rings. The molecule has 0 saturated carbocycles. The third-order valence-electron chi connectivity index (χ3n) is 4.18. The zero-order valence-electron chi connectivity index (χ0n) is 16.1. The van der Waals surface area contributed by atoms with E-state index in [0.29, 0.717) is 6.42 Å². The van der Waals surface area contributed by atoms with Crippen LogP contribution in [0.1, 0.15) is 12.8 Å². The molecule has 0 aliphatic heterocycles. The fourth-order valence-corrected chi connectivity index (χ4v) is 5.05. The van der Waals surface area contributed by atoms with E-state index in [2.05, 4.69) is 27.9 Å². The number of benzene rings is 2. The molecular formula is C21H24N2O2S3.